The van der Waals surface area contributed by atoms with Crippen LogP contribution in [-0.2, 0) is 12.5 Å². The minimum absolute atomic E-state index is 0.156. The predicted octanol–water partition coefficient (Wildman–Crippen LogP) is 4.04. The molecule has 4 heteroatoms. The number of nitrogen functional groups attached to an aromatic ring is 1. The molecular weight excluding hydrogens is 302 g/mol. The van der Waals surface area contributed by atoms with Crippen molar-refractivity contribution in [2.45, 2.75) is 33.1 Å². The molecule has 1 aromatic heterocycles. The van der Waals surface area contributed by atoms with Gasteiger partial charge in [-0.05, 0) is 39.4 Å². The van der Waals surface area contributed by atoms with E-state index in [-0.39, 0.29) is 5.41 Å². The minimum atomic E-state index is 0.156. The highest BCUT2D eigenvalue weighted by molar-refractivity contribution is 9.10. The van der Waals surface area contributed by atoms with Crippen LogP contribution in [-0.4, -0.2) is 9.78 Å². The van der Waals surface area contributed by atoms with E-state index in [4.69, 9.17) is 5.73 Å². The fraction of sp³-hybridized carbons (Fsp3) is 0.400. The van der Waals surface area contributed by atoms with E-state index in [0.717, 1.165) is 15.7 Å². The van der Waals surface area contributed by atoms with E-state index in [1.807, 2.05) is 7.05 Å². The fourth-order valence-electron chi connectivity index (χ4n) is 2.08. The number of benzene rings is 1. The van der Waals surface area contributed by atoms with Crippen LogP contribution in [0.15, 0.2) is 22.7 Å². The molecule has 19 heavy (non-hydrogen) atoms. The summed E-state index contributed by atoms with van der Waals surface area (Å²) in [6.45, 7) is 8.77. The van der Waals surface area contributed by atoms with Crippen molar-refractivity contribution in [1.29, 1.82) is 0 Å². The van der Waals surface area contributed by atoms with Gasteiger partial charge in [0.05, 0.1) is 4.47 Å². The molecule has 0 saturated carbocycles. The number of anilines is 1. The molecule has 2 rings (SSSR count). The lowest BCUT2D eigenvalue weighted by atomic mass is 9.85. The summed E-state index contributed by atoms with van der Waals surface area (Å²) in [7, 11) is 1.85. The van der Waals surface area contributed by atoms with Crippen LogP contribution in [0.2, 0.25) is 0 Å². The molecule has 0 saturated heterocycles. The smallest absolute Gasteiger partial charge is 0.136 e. The van der Waals surface area contributed by atoms with Gasteiger partial charge in [-0.15, -0.1) is 0 Å². The van der Waals surface area contributed by atoms with E-state index in [9.17, 15) is 0 Å². The second kappa shape index (κ2) is 4.67. The standard InChI is InChI=1S/C15H20BrN3/c1-9-8-10(15(2,3)4)6-7-11(9)13-12(16)14(17)19(5)18-13/h6-8H,17H2,1-5H3. The summed E-state index contributed by atoms with van der Waals surface area (Å²) in [6, 6.07) is 6.52. The van der Waals surface area contributed by atoms with Crippen molar-refractivity contribution >= 4 is 21.7 Å². The molecule has 0 amide bonds. The van der Waals surface area contributed by atoms with Crippen molar-refractivity contribution < 1.29 is 0 Å². The maximum absolute atomic E-state index is 5.94. The summed E-state index contributed by atoms with van der Waals surface area (Å²) in [5.41, 5.74) is 10.7. The first kappa shape index (κ1) is 14.1. The summed E-state index contributed by atoms with van der Waals surface area (Å²) >= 11 is 3.52. The topological polar surface area (TPSA) is 43.8 Å². The molecule has 0 aliphatic carbocycles. The van der Waals surface area contributed by atoms with Gasteiger partial charge in [0.1, 0.15) is 11.5 Å². The molecule has 0 atom stereocenters. The van der Waals surface area contributed by atoms with Gasteiger partial charge in [-0.2, -0.15) is 5.10 Å². The van der Waals surface area contributed by atoms with E-state index in [1.54, 1.807) is 4.68 Å². The Morgan fingerprint density at radius 1 is 1.26 bits per heavy atom. The Labute approximate surface area is 122 Å². The Balaban J connectivity index is 2.55. The summed E-state index contributed by atoms with van der Waals surface area (Å²) in [5, 5.41) is 4.48. The highest BCUT2D eigenvalue weighted by Crippen LogP contribution is 2.35. The molecule has 2 aromatic rings. The molecule has 0 fully saturated rings. The summed E-state index contributed by atoms with van der Waals surface area (Å²) < 4.78 is 2.55. The van der Waals surface area contributed by atoms with Crippen LogP contribution in [0, 0.1) is 6.92 Å². The van der Waals surface area contributed by atoms with Gasteiger partial charge in [0.15, 0.2) is 0 Å². The lowest BCUT2D eigenvalue weighted by Crippen LogP contribution is -2.11. The Kier molecular flexibility index (Phi) is 3.47. The maximum Gasteiger partial charge on any atom is 0.136 e. The number of halogens is 1. The van der Waals surface area contributed by atoms with E-state index in [0.29, 0.717) is 5.82 Å². The maximum atomic E-state index is 5.94. The van der Waals surface area contributed by atoms with E-state index in [1.165, 1.54) is 11.1 Å². The zero-order valence-corrected chi connectivity index (χ0v) is 13.7. The van der Waals surface area contributed by atoms with Gasteiger partial charge in [-0.25, -0.2) is 0 Å². The number of nitrogens with two attached hydrogens (primary N) is 1. The highest BCUT2D eigenvalue weighted by atomic mass is 79.9. The van der Waals surface area contributed by atoms with Crippen molar-refractivity contribution in [2.75, 3.05) is 5.73 Å². The molecule has 0 unspecified atom stereocenters. The normalized spacial score (nSPS) is 11.9. The Hall–Kier alpha value is -1.29. The first-order valence-electron chi connectivity index (χ1n) is 6.31. The molecule has 0 bridgehead atoms. The highest BCUT2D eigenvalue weighted by Gasteiger charge is 2.18. The first-order chi connectivity index (χ1) is 8.71. The quantitative estimate of drug-likeness (QED) is 0.861. The van der Waals surface area contributed by atoms with Crippen LogP contribution >= 0.6 is 15.9 Å². The van der Waals surface area contributed by atoms with Crippen molar-refractivity contribution in [2.24, 2.45) is 7.05 Å². The van der Waals surface area contributed by atoms with Gasteiger partial charge in [-0.3, -0.25) is 4.68 Å². The third-order valence-corrected chi connectivity index (χ3v) is 4.16. The predicted molar refractivity (Wildman–Crippen MR) is 84.2 cm³/mol. The van der Waals surface area contributed by atoms with Gasteiger partial charge < -0.3 is 5.73 Å². The number of hydrogen-bond acceptors (Lipinski definition) is 2. The second-order valence-electron chi connectivity index (χ2n) is 5.95. The van der Waals surface area contributed by atoms with Gasteiger partial charge in [-0.1, -0.05) is 39.0 Å². The van der Waals surface area contributed by atoms with E-state index < -0.39 is 0 Å². The fourth-order valence-corrected chi connectivity index (χ4v) is 2.63. The van der Waals surface area contributed by atoms with Crippen LogP contribution in [0.3, 0.4) is 0 Å². The molecular formula is C15H20BrN3. The third kappa shape index (κ3) is 2.54. The summed E-state index contributed by atoms with van der Waals surface area (Å²) in [5.74, 6) is 0.647. The number of rotatable bonds is 1. The SMILES string of the molecule is Cc1cc(C(C)(C)C)ccc1-c1nn(C)c(N)c1Br. The molecule has 3 nitrogen and oxygen atoms in total. The minimum Gasteiger partial charge on any atom is -0.383 e. The second-order valence-corrected chi connectivity index (χ2v) is 6.74. The Morgan fingerprint density at radius 2 is 1.89 bits per heavy atom. The zero-order valence-electron chi connectivity index (χ0n) is 12.1. The van der Waals surface area contributed by atoms with Crippen molar-refractivity contribution in [1.82, 2.24) is 9.78 Å². The van der Waals surface area contributed by atoms with E-state index >= 15 is 0 Å². The molecule has 0 aliphatic rings. The lowest BCUT2D eigenvalue weighted by molar-refractivity contribution is 0.590. The average molecular weight is 322 g/mol. The molecule has 0 spiro atoms. The van der Waals surface area contributed by atoms with E-state index in [2.05, 4.69) is 66.9 Å². The molecule has 2 N–H and O–H groups in total. The summed E-state index contributed by atoms with van der Waals surface area (Å²) in [4.78, 5) is 0. The van der Waals surface area contributed by atoms with Crippen molar-refractivity contribution in [3.63, 3.8) is 0 Å². The van der Waals surface area contributed by atoms with Gasteiger partial charge >= 0.3 is 0 Å². The monoisotopic (exact) mass is 321 g/mol. The number of aryl methyl sites for hydroxylation is 2. The van der Waals surface area contributed by atoms with Crippen LogP contribution in [0.1, 0.15) is 31.9 Å². The number of aromatic nitrogens is 2. The van der Waals surface area contributed by atoms with Crippen LogP contribution in [0.25, 0.3) is 11.3 Å². The first-order valence-corrected chi connectivity index (χ1v) is 7.10. The van der Waals surface area contributed by atoms with Crippen LogP contribution < -0.4 is 5.73 Å². The Morgan fingerprint density at radius 3 is 2.32 bits per heavy atom. The molecule has 1 aromatic carbocycles. The molecule has 102 valence electrons. The number of nitrogens with zero attached hydrogens (tertiary/aromatic N) is 2. The molecule has 1 heterocycles. The largest absolute Gasteiger partial charge is 0.383 e. The van der Waals surface area contributed by atoms with Crippen molar-refractivity contribution in [3.8, 4) is 11.3 Å². The molecule has 0 radical (unpaired) electrons. The summed E-state index contributed by atoms with van der Waals surface area (Å²) in [6.07, 6.45) is 0. The van der Waals surface area contributed by atoms with Crippen molar-refractivity contribution in [3.05, 3.63) is 33.8 Å². The average Bonchev–Trinajstić information content (AvgIpc) is 2.56. The third-order valence-electron chi connectivity index (χ3n) is 3.38. The zero-order chi connectivity index (χ0) is 14.4. The van der Waals surface area contributed by atoms with Gasteiger partial charge in [0, 0.05) is 12.6 Å². The molecule has 0 aliphatic heterocycles. The van der Waals surface area contributed by atoms with Crippen LogP contribution in [0.4, 0.5) is 5.82 Å². The lowest BCUT2D eigenvalue weighted by Gasteiger charge is -2.20. The Bertz CT molecular complexity index is 621. The number of hydrogen-bond donors (Lipinski definition) is 1. The van der Waals surface area contributed by atoms with Crippen LogP contribution in [0.5, 0.6) is 0 Å². The van der Waals surface area contributed by atoms with Gasteiger partial charge in [0.25, 0.3) is 0 Å². The van der Waals surface area contributed by atoms with Gasteiger partial charge in [0.2, 0.25) is 0 Å².